The molecule has 1 aromatic carbocycles. The third kappa shape index (κ3) is 2.92. The van der Waals surface area contributed by atoms with E-state index in [0.717, 1.165) is 4.47 Å². The van der Waals surface area contributed by atoms with Crippen LogP contribution >= 0.6 is 39.1 Å². The average molecular weight is 378 g/mol. The standard InChI is InChI=1S/C12H11BrCl2N4O/c1-2-19-11(9(16)5-17-19)12(20)18-10-7(14)3-6(13)4-8(10)15/h3-5H,2,16H2,1H3,(H,18,20). The molecule has 0 atom stereocenters. The number of rotatable bonds is 3. The monoisotopic (exact) mass is 376 g/mol. The zero-order valence-corrected chi connectivity index (χ0v) is 13.6. The molecule has 0 bridgehead atoms. The van der Waals surface area contributed by atoms with Crippen molar-refractivity contribution in [1.29, 1.82) is 0 Å². The molecule has 5 nitrogen and oxygen atoms in total. The van der Waals surface area contributed by atoms with E-state index in [0.29, 0.717) is 28.0 Å². The average Bonchev–Trinajstić information content (AvgIpc) is 2.74. The molecule has 0 saturated heterocycles. The lowest BCUT2D eigenvalue weighted by Gasteiger charge is -2.11. The third-order valence-electron chi connectivity index (χ3n) is 2.63. The van der Waals surface area contributed by atoms with Crippen molar-refractivity contribution in [3.63, 3.8) is 0 Å². The van der Waals surface area contributed by atoms with Gasteiger partial charge in [0.05, 0.1) is 27.6 Å². The summed E-state index contributed by atoms with van der Waals surface area (Å²) in [5.74, 6) is -0.409. The number of hydrogen-bond acceptors (Lipinski definition) is 3. The fourth-order valence-electron chi connectivity index (χ4n) is 1.72. The van der Waals surface area contributed by atoms with Crippen LogP contribution in [0, 0.1) is 0 Å². The Morgan fingerprint density at radius 1 is 1.45 bits per heavy atom. The number of nitrogens with one attached hydrogen (secondary N) is 1. The molecule has 8 heteroatoms. The topological polar surface area (TPSA) is 72.9 Å². The maximum atomic E-state index is 12.3. The number of nitrogens with two attached hydrogens (primary N) is 1. The number of anilines is 2. The minimum Gasteiger partial charge on any atom is -0.396 e. The van der Waals surface area contributed by atoms with E-state index in [1.165, 1.54) is 10.9 Å². The first-order valence-electron chi connectivity index (χ1n) is 5.71. The van der Waals surface area contributed by atoms with Crippen LogP contribution in [0.5, 0.6) is 0 Å². The SMILES string of the molecule is CCn1ncc(N)c1C(=O)Nc1c(Cl)cc(Br)cc1Cl. The minimum absolute atomic E-state index is 0.280. The highest BCUT2D eigenvalue weighted by atomic mass is 79.9. The van der Waals surface area contributed by atoms with Crippen LogP contribution < -0.4 is 11.1 Å². The number of aryl methyl sites for hydroxylation is 1. The number of halogens is 3. The van der Waals surface area contributed by atoms with Crippen LogP contribution in [0.4, 0.5) is 11.4 Å². The predicted octanol–water partition coefficient (Wildman–Crippen LogP) is 3.81. The second-order valence-corrected chi connectivity index (χ2v) is 5.69. The summed E-state index contributed by atoms with van der Waals surface area (Å²) in [5, 5.41) is 7.34. The first-order chi connectivity index (χ1) is 9.43. The van der Waals surface area contributed by atoms with Gasteiger partial charge >= 0.3 is 0 Å². The van der Waals surface area contributed by atoms with Crippen molar-refractivity contribution in [3.05, 3.63) is 38.5 Å². The van der Waals surface area contributed by atoms with E-state index in [9.17, 15) is 4.79 Å². The zero-order valence-electron chi connectivity index (χ0n) is 10.5. The second kappa shape index (κ2) is 6.03. The maximum Gasteiger partial charge on any atom is 0.276 e. The van der Waals surface area contributed by atoms with Crippen molar-refractivity contribution in [1.82, 2.24) is 9.78 Å². The van der Waals surface area contributed by atoms with Crippen LogP contribution in [0.15, 0.2) is 22.8 Å². The van der Waals surface area contributed by atoms with Gasteiger partial charge in [-0.05, 0) is 19.1 Å². The largest absolute Gasteiger partial charge is 0.396 e. The second-order valence-electron chi connectivity index (χ2n) is 3.96. The Morgan fingerprint density at radius 2 is 2.05 bits per heavy atom. The molecule has 1 heterocycles. The van der Waals surface area contributed by atoms with Gasteiger partial charge in [0.25, 0.3) is 5.91 Å². The molecule has 0 radical (unpaired) electrons. The fourth-order valence-corrected chi connectivity index (χ4v) is 3.03. The van der Waals surface area contributed by atoms with Gasteiger partial charge in [0.15, 0.2) is 0 Å². The van der Waals surface area contributed by atoms with Gasteiger partial charge in [0, 0.05) is 11.0 Å². The molecular weight excluding hydrogens is 367 g/mol. The van der Waals surface area contributed by atoms with E-state index in [-0.39, 0.29) is 5.69 Å². The summed E-state index contributed by atoms with van der Waals surface area (Å²) in [6.07, 6.45) is 1.43. The fraction of sp³-hybridized carbons (Fsp3) is 0.167. The third-order valence-corrected chi connectivity index (χ3v) is 3.68. The summed E-state index contributed by atoms with van der Waals surface area (Å²) in [4.78, 5) is 12.3. The Bertz CT molecular complexity index is 648. The molecule has 2 aromatic rings. The van der Waals surface area contributed by atoms with Gasteiger partial charge in [-0.25, -0.2) is 0 Å². The zero-order chi connectivity index (χ0) is 14.9. The summed E-state index contributed by atoms with van der Waals surface area (Å²) in [5.41, 5.74) is 6.67. The first-order valence-corrected chi connectivity index (χ1v) is 7.26. The molecule has 0 aliphatic carbocycles. The lowest BCUT2D eigenvalue weighted by atomic mass is 10.3. The molecule has 2 rings (SSSR count). The van der Waals surface area contributed by atoms with E-state index in [2.05, 4.69) is 26.3 Å². The van der Waals surface area contributed by atoms with Gasteiger partial charge in [-0.2, -0.15) is 5.10 Å². The first kappa shape index (κ1) is 15.2. The molecule has 1 aromatic heterocycles. The van der Waals surface area contributed by atoms with Gasteiger partial charge in [-0.1, -0.05) is 39.1 Å². The van der Waals surface area contributed by atoms with Crippen LogP contribution in [0.25, 0.3) is 0 Å². The van der Waals surface area contributed by atoms with Crippen LogP contribution in [-0.4, -0.2) is 15.7 Å². The molecule has 0 aliphatic heterocycles. The number of aromatic nitrogens is 2. The quantitative estimate of drug-likeness (QED) is 0.854. The molecule has 20 heavy (non-hydrogen) atoms. The van der Waals surface area contributed by atoms with E-state index < -0.39 is 5.91 Å². The predicted molar refractivity (Wildman–Crippen MR) is 84.4 cm³/mol. The van der Waals surface area contributed by atoms with Crippen LogP contribution in [0.2, 0.25) is 10.0 Å². The minimum atomic E-state index is -0.409. The van der Waals surface area contributed by atoms with E-state index in [1.54, 1.807) is 12.1 Å². The van der Waals surface area contributed by atoms with Gasteiger partial charge in [-0.15, -0.1) is 0 Å². The molecule has 0 spiro atoms. The van der Waals surface area contributed by atoms with Crippen molar-refractivity contribution in [2.24, 2.45) is 0 Å². The van der Waals surface area contributed by atoms with Crippen molar-refractivity contribution in [2.75, 3.05) is 11.1 Å². The van der Waals surface area contributed by atoms with Crippen LogP contribution in [0.1, 0.15) is 17.4 Å². The van der Waals surface area contributed by atoms with Crippen molar-refractivity contribution in [3.8, 4) is 0 Å². The molecule has 1 amide bonds. The van der Waals surface area contributed by atoms with E-state index in [4.69, 9.17) is 28.9 Å². The molecule has 0 unspecified atom stereocenters. The van der Waals surface area contributed by atoms with E-state index >= 15 is 0 Å². The number of hydrogen-bond donors (Lipinski definition) is 2. The highest BCUT2D eigenvalue weighted by molar-refractivity contribution is 9.10. The number of carbonyl (C=O) groups is 1. The molecule has 0 aliphatic rings. The van der Waals surface area contributed by atoms with Gasteiger partial charge in [0.2, 0.25) is 0 Å². The van der Waals surface area contributed by atoms with Gasteiger partial charge in [0.1, 0.15) is 5.69 Å². The highest BCUT2D eigenvalue weighted by Crippen LogP contribution is 2.34. The Morgan fingerprint density at radius 3 is 2.60 bits per heavy atom. The molecule has 0 fully saturated rings. The Hall–Kier alpha value is -1.24. The summed E-state index contributed by atoms with van der Waals surface area (Å²) < 4.78 is 2.23. The molecular formula is C12H11BrCl2N4O. The maximum absolute atomic E-state index is 12.3. The molecule has 0 saturated carbocycles. The van der Waals surface area contributed by atoms with Crippen LogP contribution in [0.3, 0.4) is 0 Å². The highest BCUT2D eigenvalue weighted by Gasteiger charge is 2.18. The van der Waals surface area contributed by atoms with Gasteiger partial charge in [-0.3, -0.25) is 9.48 Å². The number of amides is 1. The number of carbonyl (C=O) groups excluding carboxylic acids is 1. The number of benzene rings is 1. The Balaban J connectivity index is 2.35. The summed E-state index contributed by atoms with van der Waals surface area (Å²) in [7, 11) is 0. The molecule has 3 N–H and O–H groups in total. The normalized spacial score (nSPS) is 10.6. The summed E-state index contributed by atoms with van der Waals surface area (Å²) >= 11 is 15.4. The number of nitrogens with zero attached hydrogens (tertiary/aromatic N) is 2. The molecule has 106 valence electrons. The summed E-state index contributed by atoms with van der Waals surface area (Å²) in [6.45, 7) is 2.39. The van der Waals surface area contributed by atoms with Crippen molar-refractivity contribution >= 4 is 56.4 Å². The Kier molecular flexibility index (Phi) is 4.57. The smallest absolute Gasteiger partial charge is 0.276 e. The van der Waals surface area contributed by atoms with Gasteiger partial charge < -0.3 is 11.1 Å². The lowest BCUT2D eigenvalue weighted by Crippen LogP contribution is -2.19. The van der Waals surface area contributed by atoms with E-state index in [1.807, 2.05) is 6.92 Å². The van der Waals surface area contributed by atoms with Crippen LogP contribution in [-0.2, 0) is 6.54 Å². The van der Waals surface area contributed by atoms with Crippen molar-refractivity contribution < 1.29 is 4.79 Å². The summed E-state index contributed by atoms with van der Waals surface area (Å²) in [6, 6.07) is 3.28. The van der Waals surface area contributed by atoms with Crippen molar-refractivity contribution in [2.45, 2.75) is 13.5 Å². The Labute approximate surface area is 134 Å². The lowest BCUT2D eigenvalue weighted by molar-refractivity contribution is 0.101. The number of nitrogen functional groups attached to an aromatic ring is 1.